The minimum absolute atomic E-state index is 0.313. The summed E-state index contributed by atoms with van der Waals surface area (Å²) in [6.07, 6.45) is 1.43. The van der Waals surface area contributed by atoms with E-state index in [1.807, 2.05) is 17.5 Å². The molecule has 2 nitrogen and oxygen atoms in total. The van der Waals surface area contributed by atoms with E-state index in [9.17, 15) is 4.39 Å². The maximum atomic E-state index is 13.7. The molecule has 0 aliphatic carbocycles. The zero-order valence-electron chi connectivity index (χ0n) is 10.1. The molecule has 0 radical (unpaired) electrons. The van der Waals surface area contributed by atoms with Gasteiger partial charge in [-0.15, -0.1) is 11.3 Å². The predicted molar refractivity (Wildman–Crippen MR) is 72.7 cm³/mol. The summed E-state index contributed by atoms with van der Waals surface area (Å²) in [7, 11) is 0. The lowest BCUT2D eigenvalue weighted by molar-refractivity contribution is 0.303. The van der Waals surface area contributed by atoms with Crippen LogP contribution in [-0.2, 0) is 12.8 Å². The van der Waals surface area contributed by atoms with Crippen molar-refractivity contribution in [1.82, 2.24) is 0 Å². The fraction of sp³-hybridized carbons (Fsp3) is 0.286. The molecule has 0 atom stereocenters. The van der Waals surface area contributed by atoms with E-state index in [0.29, 0.717) is 25.3 Å². The lowest BCUT2D eigenvalue weighted by Crippen LogP contribution is -2.08. The van der Waals surface area contributed by atoms with Crippen molar-refractivity contribution in [2.45, 2.75) is 12.8 Å². The Hall–Kier alpha value is -1.39. The second kappa shape index (κ2) is 6.52. The van der Waals surface area contributed by atoms with Crippen molar-refractivity contribution in [2.24, 2.45) is 5.73 Å². The topological polar surface area (TPSA) is 35.2 Å². The van der Waals surface area contributed by atoms with Gasteiger partial charge in [0.2, 0.25) is 0 Å². The molecule has 96 valence electrons. The Kier molecular flexibility index (Phi) is 4.73. The predicted octanol–water partition coefficient (Wildman–Crippen LogP) is 3.01. The molecule has 1 aromatic carbocycles. The standard InChI is InChI=1S/C14H16FNOS/c15-13-5-1-3-11(6-8-16)14(13)17-9-7-12-4-2-10-18-12/h1-5,10H,6-9,16H2. The van der Waals surface area contributed by atoms with Crippen LogP contribution in [0.5, 0.6) is 5.75 Å². The molecule has 0 spiro atoms. The molecule has 0 fully saturated rings. The van der Waals surface area contributed by atoms with Crippen LogP contribution >= 0.6 is 11.3 Å². The second-order valence-corrected chi connectivity index (χ2v) is 4.98. The number of para-hydroxylation sites is 1. The van der Waals surface area contributed by atoms with Gasteiger partial charge in [-0.1, -0.05) is 18.2 Å². The largest absolute Gasteiger partial charge is 0.490 e. The average Bonchev–Trinajstić information content (AvgIpc) is 2.86. The minimum Gasteiger partial charge on any atom is -0.490 e. The van der Waals surface area contributed by atoms with Gasteiger partial charge in [-0.3, -0.25) is 0 Å². The summed E-state index contributed by atoms with van der Waals surface area (Å²) >= 11 is 1.68. The number of thiophene rings is 1. The fourth-order valence-corrected chi connectivity index (χ4v) is 2.47. The first-order valence-corrected chi connectivity index (χ1v) is 6.82. The van der Waals surface area contributed by atoms with Crippen molar-refractivity contribution in [3.05, 3.63) is 52.0 Å². The summed E-state index contributed by atoms with van der Waals surface area (Å²) in [6, 6.07) is 9.02. The van der Waals surface area contributed by atoms with Crippen LogP contribution in [0.25, 0.3) is 0 Å². The third kappa shape index (κ3) is 3.31. The monoisotopic (exact) mass is 265 g/mol. The van der Waals surface area contributed by atoms with E-state index in [2.05, 4.69) is 6.07 Å². The van der Waals surface area contributed by atoms with E-state index in [-0.39, 0.29) is 5.82 Å². The van der Waals surface area contributed by atoms with Crippen LogP contribution in [0.4, 0.5) is 4.39 Å². The van der Waals surface area contributed by atoms with Crippen LogP contribution in [-0.4, -0.2) is 13.2 Å². The van der Waals surface area contributed by atoms with E-state index in [0.717, 1.165) is 12.0 Å². The number of benzene rings is 1. The van der Waals surface area contributed by atoms with Crippen LogP contribution in [0, 0.1) is 5.82 Å². The van der Waals surface area contributed by atoms with Gasteiger partial charge in [-0.05, 0) is 36.0 Å². The first-order valence-electron chi connectivity index (χ1n) is 5.94. The molecule has 0 amide bonds. The highest BCUT2D eigenvalue weighted by Crippen LogP contribution is 2.23. The Morgan fingerprint density at radius 2 is 2.06 bits per heavy atom. The van der Waals surface area contributed by atoms with Gasteiger partial charge in [0.15, 0.2) is 11.6 Å². The number of halogens is 1. The summed E-state index contributed by atoms with van der Waals surface area (Å²) in [5.41, 5.74) is 6.35. The molecule has 2 rings (SSSR count). The molecule has 0 saturated carbocycles. The van der Waals surface area contributed by atoms with Gasteiger partial charge in [-0.25, -0.2) is 4.39 Å². The zero-order chi connectivity index (χ0) is 12.8. The van der Waals surface area contributed by atoms with Crippen molar-refractivity contribution in [3.63, 3.8) is 0 Å². The van der Waals surface area contributed by atoms with E-state index in [4.69, 9.17) is 10.5 Å². The van der Waals surface area contributed by atoms with Crippen LogP contribution in [0.3, 0.4) is 0 Å². The first-order chi connectivity index (χ1) is 8.81. The maximum absolute atomic E-state index is 13.7. The first kappa shape index (κ1) is 13.1. The molecular weight excluding hydrogens is 249 g/mol. The van der Waals surface area contributed by atoms with Crippen molar-refractivity contribution in [3.8, 4) is 5.75 Å². The summed E-state index contributed by atoms with van der Waals surface area (Å²) in [4.78, 5) is 1.24. The minimum atomic E-state index is -0.313. The fourth-order valence-electron chi connectivity index (χ4n) is 1.78. The Balaban J connectivity index is 1.99. The quantitative estimate of drug-likeness (QED) is 0.871. The maximum Gasteiger partial charge on any atom is 0.165 e. The van der Waals surface area contributed by atoms with Gasteiger partial charge in [0.1, 0.15) is 0 Å². The molecule has 0 unspecified atom stereocenters. The summed E-state index contributed by atoms with van der Waals surface area (Å²) < 4.78 is 19.2. The molecule has 0 aliphatic rings. The number of ether oxygens (including phenoxy) is 1. The number of nitrogens with two attached hydrogens (primary N) is 1. The van der Waals surface area contributed by atoms with Gasteiger partial charge in [-0.2, -0.15) is 0 Å². The van der Waals surface area contributed by atoms with Crippen LogP contribution < -0.4 is 10.5 Å². The number of rotatable bonds is 6. The Bertz CT molecular complexity index is 485. The highest BCUT2D eigenvalue weighted by Gasteiger charge is 2.09. The summed E-state index contributed by atoms with van der Waals surface area (Å²) in [5, 5.41) is 2.03. The van der Waals surface area contributed by atoms with E-state index in [1.165, 1.54) is 10.9 Å². The van der Waals surface area contributed by atoms with Gasteiger partial charge >= 0.3 is 0 Å². The molecule has 1 aromatic heterocycles. The molecule has 4 heteroatoms. The molecule has 1 heterocycles. The number of hydrogen-bond donors (Lipinski definition) is 1. The zero-order valence-corrected chi connectivity index (χ0v) is 10.9. The lowest BCUT2D eigenvalue weighted by Gasteiger charge is -2.11. The summed E-state index contributed by atoms with van der Waals surface area (Å²) in [6.45, 7) is 0.976. The van der Waals surface area contributed by atoms with Crippen molar-refractivity contribution < 1.29 is 9.13 Å². The Morgan fingerprint density at radius 1 is 1.17 bits per heavy atom. The summed E-state index contributed by atoms with van der Waals surface area (Å²) in [5.74, 6) is 0.0339. The molecule has 2 aromatic rings. The van der Waals surface area contributed by atoms with Crippen molar-refractivity contribution in [2.75, 3.05) is 13.2 Å². The lowest BCUT2D eigenvalue weighted by atomic mass is 10.1. The normalized spacial score (nSPS) is 10.6. The average molecular weight is 265 g/mol. The molecule has 2 N–H and O–H groups in total. The van der Waals surface area contributed by atoms with Crippen molar-refractivity contribution in [1.29, 1.82) is 0 Å². The van der Waals surface area contributed by atoms with Gasteiger partial charge in [0.25, 0.3) is 0 Å². The highest BCUT2D eigenvalue weighted by molar-refractivity contribution is 7.09. The SMILES string of the molecule is NCCc1cccc(F)c1OCCc1cccs1. The van der Waals surface area contributed by atoms with Gasteiger partial charge < -0.3 is 10.5 Å². The van der Waals surface area contributed by atoms with Crippen LogP contribution in [0.1, 0.15) is 10.4 Å². The van der Waals surface area contributed by atoms with E-state index >= 15 is 0 Å². The highest BCUT2D eigenvalue weighted by atomic mass is 32.1. The van der Waals surface area contributed by atoms with Crippen LogP contribution in [0.15, 0.2) is 35.7 Å². The van der Waals surface area contributed by atoms with E-state index < -0.39 is 0 Å². The molecule has 0 bridgehead atoms. The molecule has 18 heavy (non-hydrogen) atoms. The van der Waals surface area contributed by atoms with Crippen LogP contribution in [0.2, 0.25) is 0 Å². The molecular formula is C14H16FNOS. The third-order valence-corrected chi connectivity index (χ3v) is 3.57. The van der Waals surface area contributed by atoms with Crippen molar-refractivity contribution >= 4 is 11.3 Å². The Labute approximate surface area is 110 Å². The second-order valence-electron chi connectivity index (χ2n) is 3.94. The third-order valence-electron chi connectivity index (χ3n) is 2.64. The Morgan fingerprint density at radius 3 is 2.78 bits per heavy atom. The smallest absolute Gasteiger partial charge is 0.165 e. The number of hydrogen-bond acceptors (Lipinski definition) is 3. The van der Waals surface area contributed by atoms with Gasteiger partial charge in [0.05, 0.1) is 6.61 Å². The molecule has 0 saturated heterocycles. The van der Waals surface area contributed by atoms with Gasteiger partial charge in [0, 0.05) is 11.3 Å². The van der Waals surface area contributed by atoms with E-state index in [1.54, 1.807) is 17.4 Å². The molecule has 0 aliphatic heterocycles.